The number of hydrogen-bond donors (Lipinski definition) is 2. The van der Waals surface area contributed by atoms with E-state index in [2.05, 4.69) is 33.6 Å². The van der Waals surface area contributed by atoms with Crippen LogP contribution in [-0.2, 0) is 11.3 Å². The maximum Gasteiger partial charge on any atom is 0.191 e. The Labute approximate surface area is 126 Å². The molecule has 0 unspecified atom stereocenters. The van der Waals surface area contributed by atoms with Crippen molar-refractivity contribution in [3.8, 4) is 0 Å². The van der Waals surface area contributed by atoms with Crippen molar-refractivity contribution in [3.05, 3.63) is 41.7 Å². The van der Waals surface area contributed by atoms with Crippen molar-refractivity contribution in [2.24, 2.45) is 4.99 Å². The smallest absolute Gasteiger partial charge is 0.191 e. The van der Waals surface area contributed by atoms with Crippen LogP contribution in [-0.4, -0.2) is 37.2 Å². The highest BCUT2D eigenvalue weighted by Crippen LogP contribution is 2.10. The van der Waals surface area contributed by atoms with Crippen LogP contribution in [0.3, 0.4) is 0 Å². The van der Waals surface area contributed by atoms with Crippen LogP contribution in [0.2, 0.25) is 0 Å². The van der Waals surface area contributed by atoms with Crippen molar-refractivity contribution in [1.29, 1.82) is 0 Å². The van der Waals surface area contributed by atoms with Gasteiger partial charge in [0.2, 0.25) is 0 Å². The Balaban J connectivity index is 1.79. The van der Waals surface area contributed by atoms with Crippen LogP contribution >= 0.6 is 0 Å². The van der Waals surface area contributed by atoms with Crippen LogP contribution in [0.25, 0.3) is 0 Å². The zero-order chi connectivity index (χ0) is 14.8. The van der Waals surface area contributed by atoms with Gasteiger partial charge in [0.05, 0.1) is 25.5 Å². The highest BCUT2D eigenvalue weighted by atomic mass is 16.5. The third kappa shape index (κ3) is 5.95. The largest absolute Gasteiger partial charge is 0.377 e. The van der Waals surface area contributed by atoms with Crippen LogP contribution in [0.15, 0.2) is 41.0 Å². The Hall–Kier alpha value is -1.88. The average molecular weight is 288 g/mol. The monoisotopic (exact) mass is 288 g/mol. The van der Waals surface area contributed by atoms with E-state index in [1.54, 1.807) is 6.20 Å². The van der Waals surface area contributed by atoms with Gasteiger partial charge in [-0.05, 0) is 31.9 Å². The summed E-state index contributed by atoms with van der Waals surface area (Å²) in [5, 5.41) is 6.63. The van der Waals surface area contributed by atoms with Gasteiger partial charge >= 0.3 is 0 Å². The molecule has 0 aliphatic carbocycles. The minimum absolute atomic E-state index is 0.590. The first-order chi connectivity index (χ1) is 10.4. The van der Waals surface area contributed by atoms with E-state index in [9.17, 15) is 0 Å². The summed E-state index contributed by atoms with van der Waals surface area (Å²) in [5.41, 5.74) is 2.44. The summed E-state index contributed by atoms with van der Waals surface area (Å²) in [7, 11) is 0. The van der Waals surface area contributed by atoms with E-state index >= 15 is 0 Å². The Morgan fingerprint density at radius 2 is 2.33 bits per heavy atom. The molecule has 114 valence electrons. The van der Waals surface area contributed by atoms with Gasteiger partial charge in [-0.3, -0.25) is 4.98 Å². The second-order valence-electron chi connectivity index (χ2n) is 4.88. The number of aliphatic imine (C=N–C) groups is 1. The molecule has 2 rings (SSSR count). The summed E-state index contributed by atoms with van der Waals surface area (Å²) in [6, 6.07) is 5.88. The van der Waals surface area contributed by atoms with Crippen molar-refractivity contribution in [2.75, 3.05) is 26.3 Å². The van der Waals surface area contributed by atoms with Gasteiger partial charge < -0.3 is 15.4 Å². The predicted octanol–water partition coefficient (Wildman–Crippen LogP) is 1.87. The second kappa shape index (κ2) is 9.13. The fourth-order valence-corrected chi connectivity index (χ4v) is 2.13. The first-order valence-corrected chi connectivity index (χ1v) is 7.56. The van der Waals surface area contributed by atoms with Crippen molar-refractivity contribution in [1.82, 2.24) is 15.6 Å². The fraction of sp³-hybridized carbons (Fsp3) is 0.500. The number of aromatic nitrogens is 1. The zero-order valence-corrected chi connectivity index (χ0v) is 12.6. The minimum atomic E-state index is 0.590. The quantitative estimate of drug-likeness (QED) is 0.477. The molecule has 21 heavy (non-hydrogen) atoms. The van der Waals surface area contributed by atoms with E-state index < -0.39 is 0 Å². The van der Waals surface area contributed by atoms with E-state index in [1.807, 2.05) is 18.2 Å². The van der Waals surface area contributed by atoms with Crippen molar-refractivity contribution in [3.63, 3.8) is 0 Å². The minimum Gasteiger partial charge on any atom is -0.377 e. The van der Waals surface area contributed by atoms with E-state index in [4.69, 9.17) is 4.74 Å². The normalized spacial score (nSPS) is 15.5. The molecule has 1 aromatic heterocycles. The van der Waals surface area contributed by atoms with E-state index in [0.717, 1.165) is 50.8 Å². The molecular formula is C16H24N4O. The molecule has 1 aliphatic rings. The van der Waals surface area contributed by atoms with Gasteiger partial charge in [0.25, 0.3) is 0 Å². The molecule has 0 amide bonds. The molecule has 0 spiro atoms. The first kappa shape index (κ1) is 15.5. The van der Waals surface area contributed by atoms with Gasteiger partial charge in [-0.1, -0.05) is 17.7 Å². The molecule has 0 fully saturated rings. The average Bonchev–Trinajstić information content (AvgIpc) is 2.54. The maximum absolute atomic E-state index is 5.31. The number of hydrogen-bond acceptors (Lipinski definition) is 3. The van der Waals surface area contributed by atoms with Crippen molar-refractivity contribution >= 4 is 5.96 Å². The number of ether oxygens (including phenoxy) is 1. The molecule has 2 N–H and O–H groups in total. The topological polar surface area (TPSA) is 58.5 Å². The van der Waals surface area contributed by atoms with Gasteiger partial charge in [0.15, 0.2) is 5.96 Å². The summed E-state index contributed by atoms with van der Waals surface area (Å²) >= 11 is 0. The molecule has 2 heterocycles. The molecule has 0 saturated heterocycles. The molecule has 1 aromatic rings. The van der Waals surface area contributed by atoms with Crippen molar-refractivity contribution in [2.45, 2.75) is 26.3 Å². The fourth-order valence-electron chi connectivity index (χ4n) is 2.13. The predicted molar refractivity (Wildman–Crippen MR) is 85.2 cm³/mol. The SMILES string of the molecule is CCNC(=NCc1ccccn1)NCCC1=CCOCC1. The Kier molecular flexibility index (Phi) is 6.74. The third-order valence-corrected chi connectivity index (χ3v) is 3.27. The third-order valence-electron chi connectivity index (χ3n) is 3.27. The Bertz CT molecular complexity index is 470. The van der Waals surface area contributed by atoms with Crippen LogP contribution in [0.1, 0.15) is 25.5 Å². The van der Waals surface area contributed by atoms with E-state index in [-0.39, 0.29) is 0 Å². The molecular weight excluding hydrogens is 264 g/mol. The lowest BCUT2D eigenvalue weighted by molar-refractivity contribution is 0.153. The van der Waals surface area contributed by atoms with Gasteiger partial charge in [0, 0.05) is 19.3 Å². The van der Waals surface area contributed by atoms with Crippen molar-refractivity contribution < 1.29 is 4.74 Å². The molecule has 0 saturated carbocycles. The lowest BCUT2D eigenvalue weighted by Gasteiger charge is -2.15. The lowest BCUT2D eigenvalue weighted by Crippen LogP contribution is -2.38. The molecule has 1 aliphatic heterocycles. The molecule has 5 heteroatoms. The molecule has 0 radical (unpaired) electrons. The summed E-state index contributed by atoms with van der Waals surface area (Å²) in [6.07, 6.45) is 6.06. The summed E-state index contributed by atoms with van der Waals surface area (Å²) in [5.74, 6) is 0.843. The highest BCUT2D eigenvalue weighted by molar-refractivity contribution is 5.79. The molecule has 0 atom stereocenters. The first-order valence-electron chi connectivity index (χ1n) is 7.56. The molecule has 5 nitrogen and oxygen atoms in total. The van der Waals surface area contributed by atoms with Gasteiger partial charge in [-0.2, -0.15) is 0 Å². The van der Waals surface area contributed by atoms with E-state index in [1.165, 1.54) is 5.57 Å². The lowest BCUT2D eigenvalue weighted by atomic mass is 10.1. The summed E-state index contributed by atoms with van der Waals surface area (Å²) in [6.45, 7) is 6.00. The van der Waals surface area contributed by atoms with Crippen LogP contribution < -0.4 is 10.6 Å². The Morgan fingerprint density at radius 1 is 1.38 bits per heavy atom. The maximum atomic E-state index is 5.31. The van der Waals surface area contributed by atoms with Crippen LogP contribution in [0.4, 0.5) is 0 Å². The zero-order valence-electron chi connectivity index (χ0n) is 12.6. The standard InChI is InChI=1S/C16H24N4O/c1-2-17-16(20-13-15-5-3-4-9-18-15)19-10-6-14-7-11-21-12-8-14/h3-5,7,9H,2,6,8,10-13H2,1H3,(H2,17,19,20). The van der Waals surface area contributed by atoms with Crippen LogP contribution in [0.5, 0.6) is 0 Å². The van der Waals surface area contributed by atoms with Gasteiger partial charge in [-0.25, -0.2) is 4.99 Å². The molecule has 0 aromatic carbocycles. The highest BCUT2D eigenvalue weighted by Gasteiger charge is 2.04. The van der Waals surface area contributed by atoms with Crippen LogP contribution in [0, 0.1) is 0 Å². The summed E-state index contributed by atoms with van der Waals surface area (Å²) < 4.78 is 5.31. The number of pyridine rings is 1. The number of nitrogens with one attached hydrogen (secondary N) is 2. The van der Waals surface area contributed by atoms with Gasteiger partial charge in [-0.15, -0.1) is 0 Å². The number of guanidine groups is 1. The number of rotatable bonds is 6. The number of nitrogens with zero attached hydrogens (tertiary/aromatic N) is 2. The molecule has 0 bridgehead atoms. The van der Waals surface area contributed by atoms with E-state index in [0.29, 0.717) is 6.54 Å². The Morgan fingerprint density at radius 3 is 3.05 bits per heavy atom. The summed E-state index contributed by atoms with van der Waals surface area (Å²) in [4.78, 5) is 8.83. The van der Waals surface area contributed by atoms with Gasteiger partial charge in [0.1, 0.15) is 0 Å². The second-order valence-corrected chi connectivity index (χ2v) is 4.88.